The zero-order valence-electron chi connectivity index (χ0n) is 13.0. The molecule has 110 valence electrons. The molecule has 0 amide bonds. The van der Waals surface area contributed by atoms with Crippen LogP contribution in [0.4, 0.5) is 0 Å². The van der Waals surface area contributed by atoms with Crippen LogP contribution in [0, 0.1) is 12.8 Å². The van der Waals surface area contributed by atoms with E-state index in [1.807, 2.05) is 0 Å². The second-order valence-corrected chi connectivity index (χ2v) is 7.15. The van der Waals surface area contributed by atoms with E-state index in [1.54, 1.807) is 4.91 Å². The fraction of sp³-hybridized carbons (Fsp3) is 0.579. The van der Waals surface area contributed by atoms with Crippen LogP contribution in [-0.2, 0) is 6.42 Å². The predicted octanol–water partition coefficient (Wildman–Crippen LogP) is 6.14. The Hall–Kier alpha value is -0.690. The SMILES string of the molecule is CCCCCCC(Cc1cccc(C)c1)C1=CCCS1. The molecule has 0 aromatic heterocycles. The first-order valence-electron chi connectivity index (χ1n) is 8.18. The Kier molecular flexibility index (Phi) is 6.72. The number of hydrogen-bond donors (Lipinski definition) is 0. The number of aryl methyl sites for hydroxylation is 1. The Bertz CT molecular complexity index is 433. The molecule has 0 saturated heterocycles. The maximum Gasteiger partial charge on any atom is 0.00118 e. The molecule has 2 rings (SSSR count). The van der Waals surface area contributed by atoms with Crippen molar-refractivity contribution in [2.24, 2.45) is 5.92 Å². The first-order chi connectivity index (χ1) is 9.79. The summed E-state index contributed by atoms with van der Waals surface area (Å²) in [6.07, 6.45) is 11.9. The van der Waals surface area contributed by atoms with Gasteiger partial charge >= 0.3 is 0 Å². The van der Waals surface area contributed by atoms with Crippen LogP contribution in [0.3, 0.4) is 0 Å². The van der Waals surface area contributed by atoms with E-state index in [-0.39, 0.29) is 0 Å². The Labute approximate surface area is 129 Å². The average molecular weight is 288 g/mol. The van der Waals surface area contributed by atoms with Crippen molar-refractivity contribution in [3.63, 3.8) is 0 Å². The number of unbranched alkanes of at least 4 members (excludes halogenated alkanes) is 3. The second kappa shape index (κ2) is 8.56. The molecule has 0 bridgehead atoms. The Morgan fingerprint density at radius 2 is 2.10 bits per heavy atom. The van der Waals surface area contributed by atoms with Gasteiger partial charge in [0, 0.05) is 5.75 Å². The Morgan fingerprint density at radius 3 is 2.80 bits per heavy atom. The zero-order valence-corrected chi connectivity index (χ0v) is 13.8. The third-order valence-electron chi connectivity index (χ3n) is 4.11. The molecule has 1 unspecified atom stereocenters. The second-order valence-electron chi connectivity index (χ2n) is 5.98. The summed E-state index contributed by atoms with van der Waals surface area (Å²) < 4.78 is 0. The predicted molar refractivity (Wildman–Crippen MR) is 92.3 cm³/mol. The lowest BCUT2D eigenvalue weighted by atomic mass is 9.92. The quantitative estimate of drug-likeness (QED) is 0.517. The van der Waals surface area contributed by atoms with Gasteiger partial charge in [0.2, 0.25) is 0 Å². The third kappa shape index (κ3) is 5.01. The minimum Gasteiger partial charge on any atom is -0.130 e. The highest BCUT2D eigenvalue weighted by atomic mass is 32.2. The van der Waals surface area contributed by atoms with Crippen molar-refractivity contribution in [2.75, 3.05) is 5.75 Å². The van der Waals surface area contributed by atoms with Gasteiger partial charge in [0.25, 0.3) is 0 Å². The van der Waals surface area contributed by atoms with E-state index < -0.39 is 0 Å². The van der Waals surface area contributed by atoms with Gasteiger partial charge in [-0.15, -0.1) is 11.8 Å². The van der Waals surface area contributed by atoms with Gasteiger partial charge in [0.05, 0.1) is 0 Å². The smallest absolute Gasteiger partial charge is 0.00118 e. The molecule has 1 aliphatic rings. The molecule has 0 radical (unpaired) electrons. The normalized spacial score (nSPS) is 16.2. The maximum absolute atomic E-state index is 2.49. The van der Waals surface area contributed by atoms with E-state index in [4.69, 9.17) is 0 Å². The lowest BCUT2D eigenvalue weighted by Crippen LogP contribution is -2.06. The van der Waals surface area contributed by atoms with Crippen molar-refractivity contribution in [3.05, 3.63) is 46.4 Å². The van der Waals surface area contributed by atoms with E-state index in [0.717, 1.165) is 5.92 Å². The highest BCUT2D eigenvalue weighted by molar-refractivity contribution is 8.03. The van der Waals surface area contributed by atoms with Crippen molar-refractivity contribution in [1.29, 1.82) is 0 Å². The lowest BCUT2D eigenvalue weighted by Gasteiger charge is -2.18. The molecule has 0 aliphatic carbocycles. The van der Waals surface area contributed by atoms with Crippen LogP contribution in [0.1, 0.15) is 56.6 Å². The fourth-order valence-electron chi connectivity index (χ4n) is 3.01. The Morgan fingerprint density at radius 1 is 1.20 bits per heavy atom. The number of benzene rings is 1. The standard InChI is InChI=1S/C19H28S/c1-3-4-5-6-11-18(19-12-8-13-20-19)15-17-10-7-9-16(2)14-17/h7,9-10,12,14,18H,3-6,8,11,13,15H2,1-2H3. The van der Waals surface area contributed by atoms with Gasteiger partial charge in [0.15, 0.2) is 0 Å². The molecule has 1 aliphatic heterocycles. The summed E-state index contributed by atoms with van der Waals surface area (Å²) >= 11 is 2.10. The summed E-state index contributed by atoms with van der Waals surface area (Å²) in [5, 5.41) is 0. The van der Waals surface area contributed by atoms with Gasteiger partial charge < -0.3 is 0 Å². The van der Waals surface area contributed by atoms with E-state index in [0.29, 0.717) is 0 Å². The van der Waals surface area contributed by atoms with Crippen molar-refractivity contribution >= 4 is 11.8 Å². The van der Waals surface area contributed by atoms with Gasteiger partial charge in [-0.3, -0.25) is 0 Å². The summed E-state index contributed by atoms with van der Waals surface area (Å²) in [6, 6.07) is 9.06. The summed E-state index contributed by atoms with van der Waals surface area (Å²) in [5.74, 6) is 2.07. The van der Waals surface area contributed by atoms with Gasteiger partial charge in [-0.2, -0.15) is 0 Å². The zero-order chi connectivity index (χ0) is 14.2. The number of hydrogen-bond acceptors (Lipinski definition) is 1. The summed E-state index contributed by atoms with van der Waals surface area (Å²) in [4.78, 5) is 1.67. The summed E-state index contributed by atoms with van der Waals surface area (Å²) in [7, 11) is 0. The van der Waals surface area contributed by atoms with Crippen molar-refractivity contribution in [2.45, 2.75) is 58.8 Å². The van der Waals surface area contributed by atoms with Crippen LogP contribution in [0.5, 0.6) is 0 Å². The molecule has 1 aromatic rings. The molecule has 1 atom stereocenters. The first kappa shape index (κ1) is 15.7. The molecule has 1 heteroatoms. The van der Waals surface area contributed by atoms with Crippen LogP contribution in [-0.4, -0.2) is 5.75 Å². The van der Waals surface area contributed by atoms with Crippen molar-refractivity contribution < 1.29 is 0 Å². The fourth-order valence-corrected chi connectivity index (χ4v) is 4.15. The molecular formula is C19H28S. The molecular weight excluding hydrogens is 260 g/mol. The topological polar surface area (TPSA) is 0 Å². The highest BCUT2D eigenvalue weighted by Crippen LogP contribution is 2.36. The van der Waals surface area contributed by atoms with Crippen LogP contribution in [0.15, 0.2) is 35.2 Å². The van der Waals surface area contributed by atoms with Crippen LogP contribution in [0.2, 0.25) is 0 Å². The Balaban J connectivity index is 1.95. The van der Waals surface area contributed by atoms with E-state index in [9.17, 15) is 0 Å². The first-order valence-corrected chi connectivity index (χ1v) is 9.16. The molecule has 1 heterocycles. The summed E-state index contributed by atoms with van der Waals surface area (Å²) in [6.45, 7) is 4.49. The molecule has 0 fully saturated rings. The van der Waals surface area contributed by atoms with E-state index in [2.05, 4.69) is 56.0 Å². The van der Waals surface area contributed by atoms with Gasteiger partial charge in [-0.25, -0.2) is 0 Å². The number of thioether (sulfide) groups is 1. The minimum absolute atomic E-state index is 0.765. The van der Waals surface area contributed by atoms with E-state index in [1.165, 1.54) is 61.8 Å². The van der Waals surface area contributed by atoms with Gasteiger partial charge in [-0.05, 0) is 42.6 Å². The summed E-state index contributed by atoms with van der Waals surface area (Å²) in [5.41, 5.74) is 2.90. The van der Waals surface area contributed by atoms with Gasteiger partial charge in [0.1, 0.15) is 0 Å². The largest absolute Gasteiger partial charge is 0.130 e. The van der Waals surface area contributed by atoms with Crippen LogP contribution in [0.25, 0.3) is 0 Å². The minimum atomic E-state index is 0.765. The van der Waals surface area contributed by atoms with Crippen molar-refractivity contribution in [3.8, 4) is 0 Å². The molecule has 1 aromatic carbocycles. The van der Waals surface area contributed by atoms with Crippen molar-refractivity contribution in [1.82, 2.24) is 0 Å². The molecule has 0 spiro atoms. The maximum atomic E-state index is 2.49. The third-order valence-corrected chi connectivity index (χ3v) is 5.38. The highest BCUT2D eigenvalue weighted by Gasteiger charge is 2.18. The monoisotopic (exact) mass is 288 g/mol. The number of rotatable bonds is 8. The molecule has 0 saturated carbocycles. The molecule has 20 heavy (non-hydrogen) atoms. The van der Waals surface area contributed by atoms with Crippen LogP contribution >= 0.6 is 11.8 Å². The van der Waals surface area contributed by atoms with Crippen LogP contribution < -0.4 is 0 Å². The van der Waals surface area contributed by atoms with E-state index >= 15 is 0 Å². The van der Waals surface area contributed by atoms with Gasteiger partial charge in [-0.1, -0.05) is 68.5 Å². The molecule has 0 nitrogen and oxygen atoms in total. The number of allylic oxidation sites excluding steroid dienone is 2. The molecule has 0 N–H and O–H groups in total. The lowest BCUT2D eigenvalue weighted by molar-refractivity contribution is 0.522. The average Bonchev–Trinajstić information content (AvgIpc) is 2.96.